The molecule has 0 spiro atoms. The molecule has 0 saturated heterocycles. The first-order chi connectivity index (χ1) is 9.65. The highest BCUT2D eigenvalue weighted by Gasteiger charge is 2.40. The third-order valence-electron chi connectivity index (χ3n) is 3.27. The van der Waals surface area contributed by atoms with Gasteiger partial charge in [0.1, 0.15) is 0 Å². The molecule has 0 heterocycles. The molecule has 0 aliphatic rings. The van der Waals surface area contributed by atoms with Gasteiger partial charge in [-0.2, -0.15) is 26.3 Å². The number of nitrogens with two attached hydrogens (primary N) is 1. The molecule has 2 nitrogen and oxygen atoms in total. The molecule has 9 heteroatoms. The first-order valence-electron chi connectivity index (χ1n) is 6.37. The van der Waals surface area contributed by atoms with Crippen molar-refractivity contribution in [2.75, 3.05) is 0 Å². The van der Waals surface area contributed by atoms with Crippen LogP contribution >= 0.6 is 12.4 Å². The number of aliphatic hydroxyl groups is 1. The summed E-state index contributed by atoms with van der Waals surface area (Å²) in [7, 11) is 0. The Labute approximate surface area is 136 Å². The molecule has 1 aromatic rings. The second-order valence-corrected chi connectivity index (χ2v) is 6.13. The van der Waals surface area contributed by atoms with Crippen molar-refractivity contribution in [2.24, 2.45) is 11.1 Å². The summed E-state index contributed by atoms with van der Waals surface area (Å²) >= 11 is 0. The summed E-state index contributed by atoms with van der Waals surface area (Å²) in [5.41, 5.74) is 1.43. The van der Waals surface area contributed by atoms with E-state index in [1.54, 1.807) is 0 Å². The van der Waals surface area contributed by atoms with Crippen molar-refractivity contribution in [1.29, 1.82) is 0 Å². The fourth-order valence-electron chi connectivity index (χ4n) is 1.98. The van der Waals surface area contributed by atoms with Gasteiger partial charge < -0.3 is 10.8 Å². The summed E-state index contributed by atoms with van der Waals surface area (Å²) in [4.78, 5) is 0. The number of hydrogen-bond acceptors (Lipinski definition) is 2. The fraction of sp³-hybridized carbons (Fsp3) is 0.571. The highest BCUT2D eigenvalue weighted by Crippen LogP contribution is 2.40. The number of hydrogen-bond donors (Lipinski definition) is 2. The number of benzene rings is 1. The zero-order valence-electron chi connectivity index (χ0n) is 12.6. The van der Waals surface area contributed by atoms with E-state index in [1.807, 2.05) is 0 Å². The molecule has 1 aromatic carbocycles. The van der Waals surface area contributed by atoms with E-state index in [-0.39, 0.29) is 12.4 Å². The van der Waals surface area contributed by atoms with Crippen LogP contribution in [0.2, 0.25) is 0 Å². The van der Waals surface area contributed by atoms with E-state index < -0.39 is 46.6 Å². The van der Waals surface area contributed by atoms with Gasteiger partial charge in [0.05, 0.1) is 23.3 Å². The average molecular weight is 366 g/mol. The maximum Gasteiger partial charge on any atom is 0.416 e. The van der Waals surface area contributed by atoms with Gasteiger partial charge in [-0.25, -0.2) is 0 Å². The molecule has 0 aliphatic heterocycles. The topological polar surface area (TPSA) is 46.2 Å². The van der Waals surface area contributed by atoms with Crippen LogP contribution in [0.25, 0.3) is 0 Å². The Kier molecular flexibility index (Phi) is 6.57. The molecule has 0 amide bonds. The SMILES string of the molecule is CC(C)(C)[C@@H](O)[C@@H](N)c1cc(C(F)(F)F)ccc1C(F)(F)F.Cl. The van der Waals surface area contributed by atoms with Crippen LogP contribution < -0.4 is 5.73 Å². The van der Waals surface area contributed by atoms with Crippen molar-refractivity contribution < 1.29 is 31.4 Å². The van der Waals surface area contributed by atoms with Gasteiger partial charge in [-0.1, -0.05) is 20.8 Å². The van der Waals surface area contributed by atoms with E-state index in [0.717, 1.165) is 0 Å². The van der Waals surface area contributed by atoms with Gasteiger partial charge in [-0.05, 0) is 29.2 Å². The molecule has 2 atom stereocenters. The molecule has 134 valence electrons. The monoisotopic (exact) mass is 365 g/mol. The number of alkyl halides is 6. The lowest BCUT2D eigenvalue weighted by Crippen LogP contribution is -2.38. The van der Waals surface area contributed by atoms with E-state index in [0.29, 0.717) is 18.2 Å². The van der Waals surface area contributed by atoms with Crippen molar-refractivity contribution in [1.82, 2.24) is 0 Å². The molecule has 23 heavy (non-hydrogen) atoms. The lowest BCUT2D eigenvalue weighted by Gasteiger charge is -2.32. The second-order valence-electron chi connectivity index (χ2n) is 6.13. The van der Waals surface area contributed by atoms with E-state index in [9.17, 15) is 31.4 Å². The summed E-state index contributed by atoms with van der Waals surface area (Å²) in [6.07, 6.45) is -11.1. The minimum Gasteiger partial charge on any atom is -0.391 e. The van der Waals surface area contributed by atoms with Gasteiger partial charge in [0.2, 0.25) is 0 Å². The van der Waals surface area contributed by atoms with Gasteiger partial charge in [0.25, 0.3) is 0 Å². The van der Waals surface area contributed by atoms with Crippen LogP contribution in [0, 0.1) is 5.41 Å². The van der Waals surface area contributed by atoms with Crippen LogP contribution in [-0.4, -0.2) is 11.2 Å². The quantitative estimate of drug-likeness (QED) is 0.755. The third-order valence-corrected chi connectivity index (χ3v) is 3.27. The fourth-order valence-corrected chi connectivity index (χ4v) is 1.98. The standard InChI is InChI=1S/C14H17F6NO.ClH/c1-12(2,3)11(22)10(21)8-6-7(13(15,16)17)4-5-9(8)14(18,19)20;/h4-6,10-11,22H,21H2,1-3H3;1H/t10-,11-;/m0./s1. The molecule has 1 rings (SSSR count). The van der Waals surface area contributed by atoms with Crippen molar-refractivity contribution in [3.8, 4) is 0 Å². The summed E-state index contributed by atoms with van der Waals surface area (Å²) in [6.45, 7) is 4.58. The molecule has 0 radical (unpaired) electrons. The van der Waals surface area contributed by atoms with E-state index >= 15 is 0 Å². The van der Waals surface area contributed by atoms with Crippen molar-refractivity contribution in [3.63, 3.8) is 0 Å². The lowest BCUT2D eigenvalue weighted by molar-refractivity contribution is -0.142. The van der Waals surface area contributed by atoms with E-state index in [1.165, 1.54) is 20.8 Å². The zero-order chi connectivity index (χ0) is 17.5. The Hall–Kier alpha value is -0.990. The highest BCUT2D eigenvalue weighted by molar-refractivity contribution is 5.85. The number of rotatable bonds is 2. The first-order valence-corrected chi connectivity index (χ1v) is 6.37. The molecular weight excluding hydrogens is 348 g/mol. The molecule has 0 unspecified atom stereocenters. The predicted octanol–water partition coefficient (Wildman–Crippen LogP) is 4.55. The largest absolute Gasteiger partial charge is 0.416 e. The van der Waals surface area contributed by atoms with Crippen LogP contribution in [0.3, 0.4) is 0 Å². The maximum atomic E-state index is 13.0. The van der Waals surface area contributed by atoms with Crippen LogP contribution in [-0.2, 0) is 12.4 Å². The summed E-state index contributed by atoms with van der Waals surface area (Å²) in [5.74, 6) is 0. The molecule has 0 bridgehead atoms. The van der Waals surface area contributed by atoms with Crippen LogP contribution in [0.4, 0.5) is 26.3 Å². The second kappa shape index (κ2) is 6.86. The summed E-state index contributed by atoms with van der Waals surface area (Å²) in [5, 5.41) is 10.0. The van der Waals surface area contributed by atoms with Crippen molar-refractivity contribution >= 4 is 12.4 Å². The lowest BCUT2D eigenvalue weighted by atomic mass is 9.81. The van der Waals surface area contributed by atoms with E-state index in [4.69, 9.17) is 5.73 Å². The predicted molar refractivity (Wildman–Crippen MR) is 76.1 cm³/mol. The van der Waals surface area contributed by atoms with Gasteiger partial charge in [0, 0.05) is 0 Å². The van der Waals surface area contributed by atoms with Gasteiger partial charge in [0.15, 0.2) is 0 Å². The van der Waals surface area contributed by atoms with Gasteiger partial charge in [-0.3, -0.25) is 0 Å². The molecule has 0 aromatic heterocycles. The zero-order valence-corrected chi connectivity index (χ0v) is 13.4. The third kappa shape index (κ3) is 5.26. The Balaban J connectivity index is 0.00000484. The Morgan fingerprint density at radius 3 is 1.78 bits per heavy atom. The van der Waals surface area contributed by atoms with Crippen molar-refractivity contribution in [3.05, 3.63) is 34.9 Å². The first kappa shape index (κ1) is 22.0. The Morgan fingerprint density at radius 2 is 1.43 bits per heavy atom. The molecule has 0 aliphatic carbocycles. The minimum atomic E-state index is -4.87. The average Bonchev–Trinajstić information content (AvgIpc) is 2.33. The van der Waals surface area contributed by atoms with Crippen LogP contribution in [0.5, 0.6) is 0 Å². The maximum absolute atomic E-state index is 13.0. The molecule has 0 saturated carbocycles. The van der Waals surface area contributed by atoms with Gasteiger partial charge >= 0.3 is 12.4 Å². The summed E-state index contributed by atoms with van der Waals surface area (Å²) in [6, 6.07) is -0.558. The normalized spacial score (nSPS) is 15.8. The molecule has 0 fully saturated rings. The van der Waals surface area contributed by atoms with E-state index in [2.05, 4.69) is 0 Å². The highest BCUT2D eigenvalue weighted by atomic mass is 35.5. The van der Waals surface area contributed by atoms with Gasteiger partial charge in [-0.15, -0.1) is 12.4 Å². The Morgan fingerprint density at radius 1 is 0.957 bits per heavy atom. The number of halogens is 7. The summed E-state index contributed by atoms with van der Waals surface area (Å²) < 4.78 is 77.1. The molecule has 3 N–H and O–H groups in total. The van der Waals surface area contributed by atoms with Crippen LogP contribution in [0.1, 0.15) is 43.5 Å². The smallest absolute Gasteiger partial charge is 0.391 e. The minimum absolute atomic E-state index is 0. The molecular formula is C14H18ClF6NO. The Bertz CT molecular complexity index is 536. The van der Waals surface area contributed by atoms with Crippen molar-refractivity contribution in [2.45, 2.75) is 45.3 Å². The van der Waals surface area contributed by atoms with Crippen LogP contribution in [0.15, 0.2) is 18.2 Å². The number of aliphatic hydroxyl groups excluding tert-OH is 1.